The molecule has 0 unspecified atom stereocenters. The van der Waals surface area contributed by atoms with Crippen LogP contribution in [-0.2, 0) is 22.8 Å². The first-order valence-corrected chi connectivity index (χ1v) is 11.2. The molecule has 1 atom stereocenters. The molecule has 0 aromatic heterocycles. The van der Waals surface area contributed by atoms with E-state index in [2.05, 4.69) is 5.32 Å². The lowest BCUT2D eigenvalue weighted by molar-refractivity contribution is -0.140. The third kappa shape index (κ3) is 7.89. The van der Waals surface area contributed by atoms with Crippen LogP contribution in [0.25, 0.3) is 0 Å². The van der Waals surface area contributed by atoms with E-state index in [4.69, 9.17) is 14.6 Å². The summed E-state index contributed by atoms with van der Waals surface area (Å²) in [4.78, 5) is 35.5. The van der Waals surface area contributed by atoms with Gasteiger partial charge in [0.05, 0.1) is 5.56 Å². The number of hydrogen-bond donors (Lipinski definition) is 3. The predicted molar refractivity (Wildman–Crippen MR) is 128 cm³/mol. The number of carbonyl (C=O) groups is 3. The number of para-hydroxylation sites is 1. The van der Waals surface area contributed by atoms with E-state index < -0.39 is 23.9 Å². The number of rotatable bonds is 13. The highest BCUT2D eigenvalue weighted by molar-refractivity contribution is 5.99. The number of carboxylic acids is 2. The molecule has 8 heteroatoms. The van der Waals surface area contributed by atoms with Crippen molar-refractivity contribution in [1.29, 1.82) is 0 Å². The highest BCUT2D eigenvalue weighted by Crippen LogP contribution is 2.33. The van der Waals surface area contributed by atoms with Gasteiger partial charge < -0.3 is 25.0 Å². The monoisotopic (exact) mass is 477 g/mol. The van der Waals surface area contributed by atoms with Gasteiger partial charge >= 0.3 is 11.9 Å². The smallest absolute Gasteiger partial charge is 0.326 e. The van der Waals surface area contributed by atoms with Crippen LogP contribution in [0.5, 0.6) is 11.5 Å². The summed E-state index contributed by atoms with van der Waals surface area (Å²) < 4.78 is 12.0. The number of nitrogens with one attached hydrogen (secondary N) is 1. The summed E-state index contributed by atoms with van der Waals surface area (Å²) >= 11 is 0. The van der Waals surface area contributed by atoms with Crippen molar-refractivity contribution in [3.05, 3.63) is 95.6 Å². The predicted octanol–water partition coefficient (Wildman–Crippen LogP) is 4.28. The van der Waals surface area contributed by atoms with Crippen LogP contribution in [0.2, 0.25) is 0 Å². The molecule has 3 rings (SSSR count). The van der Waals surface area contributed by atoms with Gasteiger partial charge in [0.1, 0.15) is 19.3 Å². The van der Waals surface area contributed by atoms with Crippen molar-refractivity contribution in [3.8, 4) is 11.5 Å². The van der Waals surface area contributed by atoms with Gasteiger partial charge in [0, 0.05) is 6.42 Å². The topological polar surface area (TPSA) is 122 Å². The average Bonchev–Trinajstić information content (AvgIpc) is 2.86. The number of hydrogen-bond acceptors (Lipinski definition) is 5. The van der Waals surface area contributed by atoms with E-state index in [-0.39, 0.29) is 43.8 Å². The molecule has 8 nitrogen and oxygen atoms in total. The molecule has 1 amide bonds. The van der Waals surface area contributed by atoms with Crippen LogP contribution in [0.1, 0.15) is 40.7 Å². The van der Waals surface area contributed by atoms with Gasteiger partial charge in [-0.3, -0.25) is 9.59 Å². The van der Waals surface area contributed by atoms with Gasteiger partial charge in [-0.05, 0) is 36.1 Å². The van der Waals surface area contributed by atoms with Crippen molar-refractivity contribution in [2.75, 3.05) is 0 Å². The Kier molecular flexibility index (Phi) is 9.24. The van der Waals surface area contributed by atoms with Crippen LogP contribution >= 0.6 is 0 Å². The van der Waals surface area contributed by atoms with Crippen LogP contribution < -0.4 is 14.8 Å². The van der Waals surface area contributed by atoms with E-state index in [0.29, 0.717) is 5.75 Å². The van der Waals surface area contributed by atoms with Crippen molar-refractivity contribution in [2.45, 2.75) is 38.5 Å². The van der Waals surface area contributed by atoms with E-state index in [9.17, 15) is 19.5 Å². The maximum atomic E-state index is 13.1. The maximum absolute atomic E-state index is 13.1. The minimum absolute atomic E-state index is 0.0161. The number of amides is 1. The van der Waals surface area contributed by atoms with E-state index in [0.717, 1.165) is 11.1 Å². The first kappa shape index (κ1) is 25.3. The van der Waals surface area contributed by atoms with Gasteiger partial charge in [0.2, 0.25) is 0 Å². The number of ether oxygens (including phenoxy) is 2. The third-order valence-corrected chi connectivity index (χ3v) is 5.17. The standard InChI is InChI=1S/C27H27NO7/c29-24(30)16-8-14-22(27(32)33)28-26(31)21-13-7-15-23(34-17-19-9-3-1-4-10-19)25(21)35-18-20-11-5-2-6-12-20/h1-7,9-13,15,22H,8,14,16-18H2,(H,28,31)(H,29,30)(H,32,33)/t22-/m0/s1. The zero-order valence-electron chi connectivity index (χ0n) is 19.1. The first-order valence-electron chi connectivity index (χ1n) is 11.2. The molecular formula is C27H27NO7. The van der Waals surface area contributed by atoms with Crippen molar-refractivity contribution >= 4 is 17.8 Å². The van der Waals surface area contributed by atoms with Gasteiger partial charge in [0.25, 0.3) is 5.91 Å². The van der Waals surface area contributed by atoms with E-state index >= 15 is 0 Å². The highest BCUT2D eigenvalue weighted by Gasteiger charge is 2.24. The SMILES string of the molecule is O=C(O)CCC[C@H](NC(=O)c1cccc(OCc2ccccc2)c1OCc1ccccc1)C(=O)O. The molecule has 0 bridgehead atoms. The van der Waals surface area contributed by atoms with E-state index in [1.807, 2.05) is 60.7 Å². The Bertz CT molecular complexity index is 1130. The number of carboxylic acid groups (broad SMARTS) is 2. The van der Waals surface area contributed by atoms with Crippen LogP contribution in [0, 0.1) is 0 Å². The lowest BCUT2D eigenvalue weighted by Crippen LogP contribution is -2.41. The second kappa shape index (κ2) is 12.8. The van der Waals surface area contributed by atoms with Crippen molar-refractivity contribution in [2.24, 2.45) is 0 Å². The van der Waals surface area contributed by atoms with E-state index in [1.165, 1.54) is 6.07 Å². The molecule has 182 valence electrons. The Labute approximate surface area is 203 Å². The third-order valence-electron chi connectivity index (χ3n) is 5.17. The van der Waals surface area contributed by atoms with Gasteiger partial charge in [-0.2, -0.15) is 0 Å². The first-order chi connectivity index (χ1) is 16.9. The summed E-state index contributed by atoms with van der Waals surface area (Å²) in [6, 6.07) is 22.5. The minimum Gasteiger partial charge on any atom is -0.485 e. The van der Waals surface area contributed by atoms with Gasteiger partial charge in [-0.1, -0.05) is 66.7 Å². The zero-order valence-corrected chi connectivity index (χ0v) is 19.1. The van der Waals surface area contributed by atoms with E-state index in [1.54, 1.807) is 12.1 Å². The second-order valence-electron chi connectivity index (χ2n) is 7.83. The molecule has 0 aliphatic carbocycles. The Morgan fingerprint density at radius 1 is 0.771 bits per heavy atom. The highest BCUT2D eigenvalue weighted by atomic mass is 16.5. The largest absolute Gasteiger partial charge is 0.485 e. The van der Waals surface area contributed by atoms with Crippen LogP contribution in [0.3, 0.4) is 0 Å². The average molecular weight is 478 g/mol. The minimum atomic E-state index is -1.24. The van der Waals surface area contributed by atoms with Gasteiger partial charge in [-0.15, -0.1) is 0 Å². The molecular weight excluding hydrogens is 450 g/mol. The lowest BCUT2D eigenvalue weighted by atomic mass is 10.1. The molecule has 0 spiro atoms. The molecule has 0 heterocycles. The number of benzene rings is 3. The summed E-state index contributed by atoms with van der Waals surface area (Å²) in [6.07, 6.45) is -0.0875. The fourth-order valence-corrected chi connectivity index (χ4v) is 3.37. The molecule has 0 saturated heterocycles. The van der Waals surface area contributed by atoms with Crippen molar-refractivity contribution in [1.82, 2.24) is 5.32 Å². The summed E-state index contributed by atoms with van der Waals surface area (Å²) in [6.45, 7) is 0.425. The molecule has 3 N–H and O–H groups in total. The molecule has 0 radical (unpaired) electrons. The van der Waals surface area contributed by atoms with Gasteiger partial charge in [0.15, 0.2) is 11.5 Å². The summed E-state index contributed by atoms with van der Waals surface area (Å²) in [5.41, 5.74) is 1.94. The van der Waals surface area contributed by atoms with Crippen molar-refractivity contribution < 1.29 is 34.1 Å². The lowest BCUT2D eigenvalue weighted by Gasteiger charge is -2.19. The molecule has 3 aromatic rings. The normalized spacial score (nSPS) is 11.3. The number of carbonyl (C=O) groups excluding carboxylic acids is 1. The number of aliphatic carboxylic acids is 2. The fourth-order valence-electron chi connectivity index (χ4n) is 3.37. The second-order valence-corrected chi connectivity index (χ2v) is 7.83. The molecule has 0 aliphatic heterocycles. The summed E-state index contributed by atoms with van der Waals surface area (Å²) in [7, 11) is 0. The quantitative estimate of drug-likeness (QED) is 0.336. The Morgan fingerprint density at radius 3 is 1.94 bits per heavy atom. The fraction of sp³-hybridized carbons (Fsp3) is 0.222. The van der Waals surface area contributed by atoms with Crippen LogP contribution in [0.4, 0.5) is 0 Å². The van der Waals surface area contributed by atoms with Crippen molar-refractivity contribution in [3.63, 3.8) is 0 Å². The summed E-state index contributed by atoms with van der Waals surface area (Å²) in [5.74, 6) is -2.39. The molecule has 0 aliphatic rings. The molecule has 0 saturated carbocycles. The molecule has 35 heavy (non-hydrogen) atoms. The van der Waals surface area contributed by atoms with Gasteiger partial charge in [-0.25, -0.2) is 4.79 Å². The summed E-state index contributed by atoms with van der Waals surface area (Å²) in [5, 5.41) is 20.8. The Morgan fingerprint density at radius 2 is 1.37 bits per heavy atom. The zero-order chi connectivity index (χ0) is 25.0. The van der Waals surface area contributed by atoms with Crippen LogP contribution in [0.15, 0.2) is 78.9 Å². The maximum Gasteiger partial charge on any atom is 0.326 e. The molecule has 0 fully saturated rings. The Balaban J connectivity index is 1.82. The van der Waals surface area contributed by atoms with Crippen LogP contribution in [-0.4, -0.2) is 34.1 Å². The Hall–Kier alpha value is -4.33. The molecule has 3 aromatic carbocycles.